The van der Waals surface area contributed by atoms with Gasteiger partial charge >= 0.3 is 5.69 Å². The average Bonchev–Trinajstić information content (AvgIpc) is 2.33. The lowest BCUT2D eigenvalue weighted by atomic mass is 10.3. The molecule has 2 aromatic heterocycles. The molecule has 6 N–H and O–H groups in total. The second-order valence-electron chi connectivity index (χ2n) is 3.58. The standard InChI is InChI=1S/C9H13N7O2/c1-12-8-14-6-4(7(17)15-8)5(11)13-9(18)16(6)3-2-10/h2-3,10H2,1H3,(H2,11,13,18)(H2,12,14,15,17). The summed E-state index contributed by atoms with van der Waals surface area (Å²) in [7, 11) is 1.60. The van der Waals surface area contributed by atoms with E-state index < -0.39 is 11.2 Å². The van der Waals surface area contributed by atoms with Gasteiger partial charge in [-0.25, -0.2) is 4.79 Å². The summed E-state index contributed by atoms with van der Waals surface area (Å²) in [5.41, 5.74) is 10.1. The van der Waals surface area contributed by atoms with Gasteiger partial charge in [-0.1, -0.05) is 0 Å². The molecule has 0 saturated heterocycles. The Labute approximate surface area is 101 Å². The molecule has 2 rings (SSSR count). The highest BCUT2D eigenvalue weighted by Crippen LogP contribution is 2.11. The Bertz CT molecular complexity index is 702. The highest BCUT2D eigenvalue weighted by Gasteiger charge is 2.13. The number of fused-ring (bicyclic) bond motifs is 1. The van der Waals surface area contributed by atoms with Gasteiger partial charge in [-0.15, -0.1) is 0 Å². The van der Waals surface area contributed by atoms with Crippen LogP contribution < -0.4 is 28.0 Å². The molecule has 0 unspecified atom stereocenters. The van der Waals surface area contributed by atoms with E-state index in [-0.39, 0.29) is 35.9 Å². The van der Waals surface area contributed by atoms with Crippen LogP contribution in [-0.4, -0.2) is 33.1 Å². The maximum Gasteiger partial charge on any atom is 0.351 e. The monoisotopic (exact) mass is 251 g/mol. The van der Waals surface area contributed by atoms with Gasteiger partial charge in [0.1, 0.15) is 11.2 Å². The van der Waals surface area contributed by atoms with Crippen molar-refractivity contribution < 1.29 is 0 Å². The van der Waals surface area contributed by atoms with Gasteiger partial charge in [0, 0.05) is 20.1 Å². The van der Waals surface area contributed by atoms with Gasteiger partial charge in [-0.05, 0) is 0 Å². The number of nitrogens with one attached hydrogen (secondary N) is 2. The Hall–Kier alpha value is -2.42. The molecule has 2 heterocycles. The van der Waals surface area contributed by atoms with Crippen LogP contribution in [0.2, 0.25) is 0 Å². The molecule has 0 bridgehead atoms. The topological polar surface area (TPSA) is 145 Å². The van der Waals surface area contributed by atoms with Gasteiger partial charge in [0.15, 0.2) is 5.65 Å². The number of nitrogens with two attached hydrogens (primary N) is 2. The third-order valence-corrected chi connectivity index (χ3v) is 2.45. The van der Waals surface area contributed by atoms with Crippen LogP contribution in [0, 0.1) is 0 Å². The van der Waals surface area contributed by atoms with Crippen molar-refractivity contribution in [3.8, 4) is 0 Å². The van der Waals surface area contributed by atoms with Crippen molar-refractivity contribution in [1.82, 2.24) is 19.5 Å². The van der Waals surface area contributed by atoms with Crippen molar-refractivity contribution in [2.45, 2.75) is 6.54 Å². The number of nitrogen functional groups attached to an aromatic ring is 1. The second kappa shape index (κ2) is 4.45. The molecule has 96 valence electrons. The fraction of sp³-hybridized carbons (Fsp3) is 0.333. The van der Waals surface area contributed by atoms with Crippen molar-refractivity contribution >= 4 is 22.8 Å². The summed E-state index contributed by atoms with van der Waals surface area (Å²) < 4.78 is 1.22. The Morgan fingerprint density at radius 1 is 1.39 bits per heavy atom. The van der Waals surface area contributed by atoms with Crippen LogP contribution in [0.4, 0.5) is 11.8 Å². The van der Waals surface area contributed by atoms with Crippen molar-refractivity contribution in [3.63, 3.8) is 0 Å². The molecule has 0 saturated carbocycles. The zero-order chi connectivity index (χ0) is 13.3. The molecular formula is C9H13N7O2. The van der Waals surface area contributed by atoms with E-state index >= 15 is 0 Å². The third kappa shape index (κ3) is 1.80. The summed E-state index contributed by atoms with van der Waals surface area (Å²) >= 11 is 0. The van der Waals surface area contributed by atoms with Gasteiger partial charge in [0.25, 0.3) is 5.56 Å². The predicted molar refractivity (Wildman–Crippen MR) is 67.4 cm³/mol. The van der Waals surface area contributed by atoms with Crippen molar-refractivity contribution in [2.75, 3.05) is 24.6 Å². The molecular weight excluding hydrogens is 238 g/mol. The highest BCUT2D eigenvalue weighted by molar-refractivity contribution is 5.84. The number of rotatable bonds is 3. The predicted octanol–water partition coefficient (Wildman–Crippen LogP) is -1.94. The molecule has 0 aliphatic carbocycles. The van der Waals surface area contributed by atoms with E-state index in [1.807, 2.05) is 0 Å². The molecule has 18 heavy (non-hydrogen) atoms. The molecule has 9 heteroatoms. The van der Waals surface area contributed by atoms with E-state index in [1.54, 1.807) is 7.05 Å². The SMILES string of the molecule is CNc1nc2c(c(N)nc(=O)n2CCN)c(=O)[nH]1. The Kier molecular flexibility index (Phi) is 2.98. The van der Waals surface area contributed by atoms with Crippen LogP contribution in [-0.2, 0) is 6.54 Å². The average molecular weight is 251 g/mol. The number of hydrogen-bond acceptors (Lipinski definition) is 7. The molecule has 0 fully saturated rings. The molecule has 9 nitrogen and oxygen atoms in total. The van der Waals surface area contributed by atoms with Crippen LogP contribution in [0.25, 0.3) is 11.0 Å². The lowest BCUT2D eigenvalue weighted by Gasteiger charge is -2.09. The lowest BCUT2D eigenvalue weighted by molar-refractivity contribution is 0.680. The van der Waals surface area contributed by atoms with E-state index in [0.29, 0.717) is 0 Å². The summed E-state index contributed by atoms with van der Waals surface area (Å²) in [5.74, 6) is 0.0999. The first-order valence-electron chi connectivity index (χ1n) is 5.26. The zero-order valence-corrected chi connectivity index (χ0v) is 9.73. The summed E-state index contributed by atoms with van der Waals surface area (Å²) in [4.78, 5) is 33.7. The molecule has 0 atom stereocenters. The second-order valence-corrected chi connectivity index (χ2v) is 3.58. The summed E-state index contributed by atoms with van der Waals surface area (Å²) in [6.07, 6.45) is 0. The number of anilines is 2. The Balaban J connectivity index is 2.95. The van der Waals surface area contributed by atoms with Gasteiger partial charge in [0.05, 0.1) is 0 Å². The Morgan fingerprint density at radius 2 is 2.11 bits per heavy atom. The number of aromatic nitrogens is 4. The minimum Gasteiger partial charge on any atom is -0.383 e. The molecule has 2 aromatic rings. The molecule has 0 aliphatic heterocycles. The lowest BCUT2D eigenvalue weighted by Crippen LogP contribution is -2.30. The molecule has 0 spiro atoms. The van der Waals surface area contributed by atoms with Crippen LogP contribution in [0.5, 0.6) is 0 Å². The third-order valence-electron chi connectivity index (χ3n) is 2.45. The maximum atomic E-state index is 11.8. The normalized spacial score (nSPS) is 10.8. The zero-order valence-electron chi connectivity index (χ0n) is 9.73. The van der Waals surface area contributed by atoms with Crippen molar-refractivity contribution in [1.29, 1.82) is 0 Å². The first kappa shape index (κ1) is 12.0. The van der Waals surface area contributed by atoms with Gasteiger partial charge in [-0.3, -0.25) is 14.3 Å². The smallest absolute Gasteiger partial charge is 0.351 e. The van der Waals surface area contributed by atoms with Crippen molar-refractivity contribution in [2.24, 2.45) is 5.73 Å². The van der Waals surface area contributed by atoms with Gasteiger partial charge < -0.3 is 16.8 Å². The van der Waals surface area contributed by atoms with E-state index in [1.165, 1.54) is 4.57 Å². The van der Waals surface area contributed by atoms with Gasteiger partial charge in [0.2, 0.25) is 5.95 Å². The fourth-order valence-electron chi connectivity index (χ4n) is 1.65. The first-order chi connectivity index (χ1) is 8.58. The first-order valence-corrected chi connectivity index (χ1v) is 5.26. The number of hydrogen-bond donors (Lipinski definition) is 4. The fourth-order valence-corrected chi connectivity index (χ4v) is 1.65. The van der Waals surface area contributed by atoms with Crippen molar-refractivity contribution in [3.05, 3.63) is 20.8 Å². The Morgan fingerprint density at radius 3 is 2.72 bits per heavy atom. The molecule has 0 aliphatic rings. The van der Waals surface area contributed by atoms with E-state index in [2.05, 4.69) is 20.3 Å². The molecule has 0 amide bonds. The number of nitrogens with zero attached hydrogens (tertiary/aromatic N) is 3. The quantitative estimate of drug-likeness (QED) is 0.496. The maximum absolute atomic E-state index is 11.8. The van der Waals surface area contributed by atoms with Crippen LogP contribution >= 0.6 is 0 Å². The van der Waals surface area contributed by atoms with Crippen LogP contribution in [0.15, 0.2) is 9.59 Å². The summed E-state index contributed by atoms with van der Waals surface area (Å²) in [6.45, 7) is 0.437. The van der Waals surface area contributed by atoms with E-state index in [9.17, 15) is 9.59 Å². The molecule has 0 radical (unpaired) electrons. The van der Waals surface area contributed by atoms with Crippen LogP contribution in [0.1, 0.15) is 0 Å². The number of H-pyrrole nitrogens is 1. The van der Waals surface area contributed by atoms with E-state index in [0.717, 1.165) is 0 Å². The van der Waals surface area contributed by atoms with Crippen LogP contribution in [0.3, 0.4) is 0 Å². The highest BCUT2D eigenvalue weighted by atomic mass is 16.1. The largest absolute Gasteiger partial charge is 0.383 e. The summed E-state index contributed by atoms with van der Waals surface area (Å²) in [5, 5.41) is 2.78. The number of aromatic amines is 1. The van der Waals surface area contributed by atoms with Gasteiger partial charge in [-0.2, -0.15) is 9.97 Å². The summed E-state index contributed by atoms with van der Waals surface area (Å²) in [6, 6.07) is 0. The minimum absolute atomic E-state index is 0.0852. The minimum atomic E-state index is -0.578. The van der Waals surface area contributed by atoms with E-state index in [4.69, 9.17) is 11.5 Å². The molecule has 0 aromatic carbocycles.